The van der Waals surface area contributed by atoms with Crippen molar-refractivity contribution >= 4 is 12.4 Å². The Bertz CT molecular complexity index is 578. The summed E-state index contributed by atoms with van der Waals surface area (Å²) in [7, 11) is 0. The molecule has 0 atom stereocenters. The Hall–Kier alpha value is -2.62. The van der Waals surface area contributed by atoms with Gasteiger partial charge in [0.1, 0.15) is 0 Å². The SMILES string of the molecule is Oc1cccc(C=NN=Cc2ccccc2)c1O. The van der Waals surface area contributed by atoms with E-state index in [4.69, 9.17) is 0 Å². The summed E-state index contributed by atoms with van der Waals surface area (Å²) in [6.45, 7) is 0. The molecule has 2 rings (SSSR count). The molecule has 0 aliphatic heterocycles. The molecule has 2 N–H and O–H groups in total. The molecule has 0 saturated heterocycles. The van der Waals surface area contributed by atoms with Crippen LogP contribution in [0.1, 0.15) is 11.1 Å². The predicted octanol–water partition coefficient (Wildman–Crippen LogP) is 2.55. The van der Waals surface area contributed by atoms with Crippen LogP contribution in [-0.2, 0) is 0 Å². The molecule has 0 bridgehead atoms. The monoisotopic (exact) mass is 240 g/mol. The van der Waals surface area contributed by atoms with Crippen LogP contribution < -0.4 is 0 Å². The molecule has 0 aliphatic carbocycles. The van der Waals surface area contributed by atoms with Gasteiger partial charge in [-0.3, -0.25) is 0 Å². The van der Waals surface area contributed by atoms with Crippen molar-refractivity contribution in [3.8, 4) is 11.5 Å². The standard InChI is InChI=1S/C14H12N2O2/c17-13-8-4-7-12(14(13)18)10-16-15-9-11-5-2-1-3-6-11/h1-10,17-18H. The summed E-state index contributed by atoms with van der Waals surface area (Å²) in [5.74, 6) is -0.373. The Morgan fingerprint density at radius 1 is 0.778 bits per heavy atom. The number of hydrogen-bond donors (Lipinski definition) is 2. The third-order valence-electron chi connectivity index (χ3n) is 2.32. The van der Waals surface area contributed by atoms with Gasteiger partial charge >= 0.3 is 0 Å². The Morgan fingerprint density at radius 3 is 2.28 bits per heavy atom. The van der Waals surface area contributed by atoms with Crippen LogP contribution in [0, 0.1) is 0 Å². The molecule has 4 nitrogen and oxygen atoms in total. The van der Waals surface area contributed by atoms with Gasteiger partial charge in [-0.05, 0) is 17.7 Å². The Labute approximate surface area is 105 Å². The van der Waals surface area contributed by atoms with Gasteiger partial charge in [-0.2, -0.15) is 10.2 Å². The van der Waals surface area contributed by atoms with Crippen LogP contribution in [0.25, 0.3) is 0 Å². The zero-order valence-corrected chi connectivity index (χ0v) is 9.56. The van der Waals surface area contributed by atoms with Gasteiger partial charge in [0.05, 0.1) is 12.4 Å². The third-order valence-corrected chi connectivity index (χ3v) is 2.32. The van der Waals surface area contributed by atoms with Crippen LogP contribution in [0.2, 0.25) is 0 Å². The summed E-state index contributed by atoms with van der Waals surface area (Å²) < 4.78 is 0. The van der Waals surface area contributed by atoms with Crippen LogP contribution in [0.3, 0.4) is 0 Å². The number of para-hydroxylation sites is 1. The first-order chi connectivity index (χ1) is 8.77. The number of phenols is 2. The van der Waals surface area contributed by atoms with Gasteiger partial charge < -0.3 is 10.2 Å². The highest BCUT2D eigenvalue weighted by molar-refractivity contribution is 5.85. The summed E-state index contributed by atoms with van der Waals surface area (Å²) in [6.07, 6.45) is 2.99. The first kappa shape index (κ1) is 11.9. The number of benzene rings is 2. The van der Waals surface area contributed by atoms with Crippen molar-refractivity contribution in [2.45, 2.75) is 0 Å². The van der Waals surface area contributed by atoms with Gasteiger partial charge in [-0.1, -0.05) is 36.4 Å². The highest BCUT2D eigenvalue weighted by Gasteiger charge is 2.01. The molecule has 18 heavy (non-hydrogen) atoms. The summed E-state index contributed by atoms with van der Waals surface area (Å²) >= 11 is 0. The molecule has 0 heterocycles. The molecule has 2 aromatic rings. The Kier molecular flexibility index (Phi) is 3.71. The molecule has 0 fully saturated rings. The first-order valence-corrected chi connectivity index (χ1v) is 5.40. The lowest BCUT2D eigenvalue weighted by atomic mass is 10.2. The number of hydrogen-bond acceptors (Lipinski definition) is 4. The maximum absolute atomic E-state index is 9.52. The number of rotatable bonds is 3. The zero-order chi connectivity index (χ0) is 12.8. The van der Waals surface area contributed by atoms with Crippen LogP contribution >= 0.6 is 0 Å². The van der Waals surface area contributed by atoms with E-state index in [0.29, 0.717) is 5.56 Å². The highest BCUT2D eigenvalue weighted by Crippen LogP contribution is 2.26. The van der Waals surface area contributed by atoms with E-state index in [2.05, 4.69) is 10.2 Å². The zero-order valence-electron chi connectivity index (χ0n) is 9.56. The average molecular weight is 240 g/mol. The van der Waals surface area contributed by atoms with E-state index in [-0.39, 0.29) is 11.5 Å². The fraction of sp³-hybridized carbons (Fsp3) is 0. The molecule has 0 radical (unpaired) electrons. The second-order valence-corrected chi connectivity index (χ2v) is 3.61. The Morgan fingerprint density at radius 2 is 1.50 bits per heavy atom. The number of nitrogens with zero attached hydrogens (tertiary/aromatic N) is 2. The molecule has 0 amide bonds. The van der Waals surface area contributed by atoms with Crippen molar-refractivity contribution in [2.24, 2.45) is 10.2 Å². The van der Waals surface area contributed by atoms with Crippen LogP contribution in [-0.4, -0.2) is 22.6 Å². The van der Waals surface area contributed by atoms with Gasteiger partial charge in [0.15, 0.2) is 11.5 Å². The van der Waals surface area contributed by atoms with Crippen LogP contribution in [0.5, 0.6) is 11.5 Å². The average Bonchev–Trinajstić information content (AvgIpc) is 2.40. The van der Waals surface area contributed by atoms with Gasteiger partial charge in [-0.15, -0.1) is 0 Å². The van der Waals surface area contributed by atoms with Crippen molar-refractivity contribution in [1.29, 1.82) is 0 Å². The van der Waals surface area contributed by atoms with E-state index in [1.807, 2.05) is 30.3 Å². The molecule has 90 valence electrons. The molecule has 0 spiro atoms. The lowest BCUT2D eigenvalue weighted by Crippen LogP contribution is -1.82. The maximum atomic E-state index is 9.52. The summed E-state index contributed by atoms with van der Waals surface area (Å²) in [4.78, 5) is 0. The van der Waals surface area contributed by atoms with Gasteiger partial charge in [0.25, 0.3) is 0 Å². The van der Waals surface area contributed by atoms with E-state index in [9.17, 15) is 10.2 Å². The lowest BCUT2D eigenvalue weighted by molar-refractivity contribution is 0.403. The minimum Gasteiger partial charge on any atom is -0.504 e. The van der Waals surface area contributed by atoms with Crippen molar-refractivity contribution in [1.82, 2.24) is 0 Å². The number of phenolic OH excluding ortho intramolecular Hbond substituents is 2. The fourth-order valence-electron chi connectivity index (χ4n) is 1.39. The Balaban J connectivity index is 2.08. The van der Waals surface area contributed by atoms with Gasteiger partial charge in [-0.25, -0.2) is 0 Å². The smallest absolute Gasteiger partial charge is 0.166 e. The molecular formula is C14H12N2O2. The third kappa shape index (κ3) is 2.95. The van der Waals surface area contributed by atoms with E-state index in [0.717, 1.165) is 5.56 Å². The molecule has 0 aliphatic rings. The maximum Gasteiger partial charge on any atom is 0.166 e. The van der Waals surface area contributed by atoms with E-state index < -0.39 is 0 Å². The molecular weight excluding hydrogens is 228 g/mol. The largest absolute Gasteiger partial charge is 0.504 e. The van der Waals surface area contributed by atoms with Crippen molar-refractivity contribution in [3.05, 3.63) is 59.7 Å². The van der Waals surface area contributed by atoms with Crippen LogP contribution in [0.15, 0.2) is 58.7 Å². The van der Waals surface area contributed by atoms with E-state index >= 15 is 0 Å². The second kappa shape index (κ2) is 5.63. The fourth-order valence-corrected chi connectivity index (χ4v) is 1.39. The number of aromatic hydroxyl groups is 2. The summed E-state index contributed by atoms with van der Waals surface area (Å²) in [6, 6.07) is 14.2. The van der Waals surface area contributed by atoms with Crippen molar-refractivity contribution in [3.63, 3.8) is 0 Å². The minimum atomic E-state index is -0.198. The quantitative estimate of drug-likeness (QED) is 0.492. The summed E-state index contributed by atoms with van der Waals surface area (Å²) in [5.41, 5.74) is 1.36. The van der Waals surface area contributed by atoms with Crippen LogP contribution in [0.4, 0.5) is 0 Å². The normalized spacial score (nSPS) is 11.3. The predicted molar refractivity (Wildman–Crippen MR) is 71.4 cm³/mol. The molecule has 0 aromatic heterocycles. The van der Waals surface area contributed by atoms with Crippen molar-refractivity contribution in [2.75, 3.05) is 0 Å². The summed E-state index contributed by atoms with van der Waals surface area (Å²) in [5, 5.41) is 26.5. The van der Waals surface area contributed by atoms with E-state index in [1.165, 1.54) is 12.3 Å². The molecule has 2 aromatic carbocycles. The lowest BCUT2D eigenvalue weighted by Gasteiger charge is -1.98. The molecule has 0 saturated carbocycles. The molecule has 0 unspecified atom stereocenters. The van der Waals surface area contributed by atoms with Gasteiger partial charge in [0, 0.05) is 5.56 Å². The van der Waals surface area contributed by atoms with Gasteiger partial charge in [0.2, 0.25) is 0 Å². The first-order valence-electron chi connectivity index (χ1n) is 5.40. The van der Waals surface area contributed by atoms with E-state index in [1.54, 1.807) is 18.3 Å². The highest BCUT2D eigenvalue weighted by atomic mass is 16.3. The second-order valence-electron chi connectivity index (χ2n) is 3.61. The minimum absolute atomic E-state index is 0.175. The molecule has 4 heteroatoms. The topological polar surface area (TPSA) is 65.2 Å². The van der Waals surface area contributed by atoms with Crippen molar-refractivity contribution < 1.29 is 10.2 Å².